The lowest BCUT2D eigenvalue weighted by atomic mass is 10.1. The molecule has 4 aromatic rings. The molecule has 0 radical (unpaired) electrons. The number of rotatable bonds is 8. The van der Waals surface area contributed by atoms with Gasteiger partial charge in [0, 0.05) is 34.5 Å². The van der Waals surface area contributed by atoms with Crippen LogP contribution in [-0.2, 0) is 11.2 Å². The number of anilines is 1. The van der Waals surface area contributed by atoms with Crippen LogP contribution in [0.1, 0.15) is 11.1 Å². The highest BCUT2D eigenvalue weighted by Crippen LogP contribution is 2.23. The van der Waals surface area contributed by atoms with Gasteiger partial charge < -0.3 is 10.4 Å². The van der Waals surface area contributed by atoms with Gasteiger partial charge >= 0.3 is 6.09 Å². The van der Waals surface area contributed by atoms with Crippen LogP contribution < -0.4 is 10.6 Å². The maximum absolute atomic E-state index is 12.4. The van der Waals surface area contributed by atoms with Gasteiger partial charge in [0.15, 0.2) is 5.15 Å². The second-order valence-electron chi connectivity index (χ2n) is 7.39. The molecule has 4 rings (SSSR count). The molecule has 2 aromatic carbocycles. The molecule has 0 saturated carbocycles. The summed E-state index contributed by atoms with van der Waals surface area (Å²) in [4.78, 5) is 23.1. The molecule has 0 aliphatic carbocycles. The maximum atomic E-state index is 12.4. The van der Waals surface area contributed by atoms with Gasteiger partial charge in [-0.1, -0.05) is 35.3 Å². The molecule has 0 atom stereocenters. The fourth-order valence-corrected chi connectivity index (χ4v) is 3.63. The molecule has 2 amide bonds. The van der Waals surface area contributed by atoms with E-state index in [1.807, 2.05) is 0 Å². The molecule has 0 unspecified atom stereocenters. The summed E-state index contributed by atoms with van der Waals surface area (Å²) in [5.41, 5.74) is 3.78. The predicted molar refractivity (Wildman–Crippen MR) is 134 cm³/mol. The number of hydrogen-bond acceptors (Lipinski definition) is 7. The van der Waals surface area contributed by atoms with Crippen molar-refractivity contribution >= 4 is 47.0 Å². The number of carboxylic acid groups (broad SMARTS) is 1. The summed E-state index contributed by atoms with van der Waals surface area (Å²) in [5.74, 6) is -0.308. The Bertz CT molecular complexity index is 1410. The molecule has 0 aliphatic rings. The van der Waals surface area contributed by atoms with Crippen LogP contribution in [0.5, 0.6) is 0 Å². The number of aromatic nitrogens is 6. The van der Waals surface area contributed by atoms with Crippen LogP contribution in [0.4, 0.5) is 10.5 Å². The highest BCUT2D eigenvalue weighted by molar-refractivity contribution is 6.30. The molecule has 0 bridgehead atoms. The van der Waals surface area contributed by atoms with Crippen molar-refractivity contribution in [2.45, 2.75) is 6.42 Å². The van der Waals surface area contributed by atoms with E-state index in [1.165, 1.54) is 17.1 Å². The smallest absolute Gasteiger partial charge is 0.409 e. The molecule has 2 heterocycles. The van der Waals surface area contributed by atoms with Crippen LogP contribution in [0.15, 0.2) is 60.9 Å². The molecule has 3 N–H and O–H groups in total. The molecule has 0 aliphatic heterocycles. The Morgan fingerprint density at radius 3 is 2.58 bits per heavy atom. The maximum Gasteiger partial charge on any atom is 0.409 e. The fraction of sp³-hybridized carbons (Fsp3) is 0.0870. The third-order valence-electron chi connectivity index (χ3n) is 4.95. The molecule has 11 nitrogen and oxygen atoms in total. The molecule has 0 spiro atoms. The SMILES string of the molecule is O=C(O)Nc1ccc(-c2cc(CCNC(=O)C=Cc3cc(Cl)ccc3-n3cnnn3)c(Cl)nn2)cc1. The summed E-state index contributed by atoms with van der Waals surface area (Å²) in [7, 11) is 0. The summed E-state index contributed by atoms with van der Waals surface area (Å²) in [6.07, 6.45) is 3.74. The molecule has 0 saturated heterocycles. The van der Waals surface area contributed by atoms with Gasteiger partial charge in [0.1, 0.15) is 6.33 Å². The minimum absolute atomic E-state index is 0.234. The Kier molecular flexibility index (Phi) is 7.83. The van der Waals surface area contributed by atoms with Gasteiger partial charge in [-0.3, -0.25) is 10.1 Å². The van der Waals surface area contributed by atoms with Crippen LogP contribution in [0.25, 0.3) is 23.0 Å². The van der Waals surface area contributed by atoms with E-state index in [0.29, 0.717) is 46.2 Å². The first kappa shape index (κ1) is 24.8. The van der Waals surface area contributed by atoms with Crippen LogP contribution in [0.2, 0.25) is 10.2 Å². The van der Waals surface area contributed by atoms with Gasteiger partial charge in [0.05, 0.1) is 11.4 Å². The number of nitrogens with one attached hydrogen (secondary N) is 2. The number of amides is 2. The van der Waals surface area contributed by atoms with E-state index in [1.54, 1.807) is 54.6 Å². The first-order valence-electron chi connectivity index (χ1n) is 10.5. The van der Waals surface area contributed by atoms with Crippen molar-refractivity contribution in [1.29, 1.82) is 0 Å². The third kappa shape index (κ3) is 6.40. The Morgan fingerprint density at radius 1 is 1.06 bits per heavy atom. The molecule has 13 heteroatoms. The first-order valence-corrected chi connectivity index (χ1v) is 11.3. The highest BCUT2D eigenvalue weighted by atomic mass is 35.5. The van der Waals surface area contributed by atoms with Crippen molar-refractivity contribution in [3.05, 3.63) is 82.2 Å². The molecule has 0 fully saturated rings. The predicted octanol–water partition coefficient (Wildman–Crippen LogP) is 3.89. The topological polar surface area (TPSA) is 148 Å². The van der Waals surface area contributed by atoms with Crippen LogP contribution in [0.3, 0.4) is 0 Å². The van der Waals surface area contributed by atoms with Gasteiger partial charge in [-0.2, -0.15) is 4.68 Å². The number of hydrogen-bond donors (Lipinski definition) is 3. The minimum atomic E-state index is -1.14. The Morgan fingerprint density at radius 2 is 1.86 bits per heavy atom. The molecule has 36 heavy (non-hydrogen) atoms. The normalized spacial score (nSPS) is 10.9. The molecule has 2 aromatic heterocycles. The summed E-state index contributed by atoms with van der Waals surface area (Å²) in [5, 5.41) is 33.8. The summed E-state index contributed by atoms with van der Waals surface area (Å²) >= 11 is 12.3. The van der Waals surface area contributed by atoms with Gasteiger partial charge in [0.25, 0.3) is 0 Å². The van der Waals surface area contributed by atoms with Gasteiger partial charge in [-0.05, 0) is 64.9 Å². The summed E-state index contributed by atoms with van der Waals surface area (Å²) in [6, 6.07) is 13.6. The number of carbonyl (C=O) groups excluding carboxylic acids is 1. The van der Waals surface area contributed by atoms with Crippen LogP contribution in [0, 0.1) is 0 Å². The Balaban J connectivity index is 1.38. The zero-order valence-electron chi connectivity index (χ0n) is 18.5. The summed E-state index contributed by atoms with van der Waals surface area (Å²) < 4.78 is 1.47. The zero-order valence-corrected chi connectivity index (χ0v) is 20.0. The third-order valence-corrected chi connectivity index (χ3v) is 5.50. The van der Waals surface area contributed by atoms with E-state index >= 15 is 0 Å². The second kappa shape index (κ2) is 11.4. The molecule has 182 valence electrons. The number of carbonyl (C=O) groups is 2. The number of tetrazole rings is 1. The van der Waals surface area contributed by atoms with Crippen molar-refractivity contribution < 1.29 is 14.7 Å². The average Bonchev–Trinajstić information content (AvgIpc) is 3.39. The van der Waals surface area contributed by atoms with E-state index in [2.05, 4.69) is 36.4 Å². The molecular formula is C23H18Cl2N8O3. The molecular weight excluding hydrogens is 507 g/mol. The lowest BCUT2D eigenvalue weighted by molar-refractivity contribution is -0.116. The van der Waals surface area contributed by atoms with Crippen molar-refractivity contribution in [2.24, 2.45) is 0 Å². The second-order valence-corrected chi connectivity index (χ2v) is 8.18. The van der Waals surface area contributed by atoms with E-state index in [4.69, 9.17) is 28.3 Å². The van der Waals surface area contributed by atoms with Crippen molar-refractivity contribution in [3.63, 3.8) is 0 Å². The quantitative estimate of drug-likeness (QED) is 0.294. The van der Waals surface area contributed by atoms with Crippen molar-refractivity contribution in [3.8, 4) is 16.9 Å². The van der Waals surface area contributed by atoms with E-state index < -0.39 is 6.09 Å². The van der Waals surface area contributed by atoms with Gasteiger partial charge in [0.2, 0.25) is 5.91 Å². The standard InChI is InChI=1S/C23H18Cl2N8O3/c24-17-4-7-20(33-13-27-31-32-33)15(11-17)3-8-21(34)26-10-9-16-12-19(29-30-22(16)25)14-1-5-18(6-2-14)28-23(35)36/h1-8,11-13,28H,9-10H2,(H,26,34)(H,35,36). The van der Waals surface area contributed by atoms with E-state index in [-0.39, 0.29) is 11.1 Å². The van der Waals surface area contributed by atoms with Gasteiger partial charge in [-0.25, -0.2) is 4.79 Å². The minimum Gasteiger partial charge on any atom is -0.465 e. The lowest BCUT2D eigenvalue weighted by Crippen LogP contribution is -2.23. The highest BCUT2D eigenvalue weighted by Gasteiger charge is 2.09. The average molecular weight is 525 g/mol. The van der Waals surface area contributed by atoms with E-state index in [0.717, 1.165) is 5.56 Å². The first-order chi connectivity index (χ1) is 17.4. The van der Waals surface area contributed by atoms with Crippen LogP contribution in [-0.4, -0.2) is 54.1 Å². The Labute approximate surface area is 214 Å². The van der Waals surface area contributed by atoms with Crippen molar-refractivity contribution in [2.75, 3.05) is 11.9 Å². The van der Waals surface area contributed by atoms with Crippen LogP contribution >= 0.6 is 23.2 Å². The zero-order chi connectivity index (χ0) is 25.5. The summed E-state index contributed by atoms with van der Waals surface area (Å²) in [6.45, 7) is 0.310. The lowest BCUT2D eigenvalue weighted by Gasteiger charge is -2.08. The number of halogens is 2. The Hall–Kier alpha value is -4.35. The largest absolute Gasteiger partial charge is 0.465 e. The monoisotopic (exact) mass is 524 g/mol. The van der Waals surface area contributed by atoms with E-state index in [9.17, 15) is 9.59 Å². The number of benzene rings is 2. The van der Waals surface area contributed by atoms with Crippen molar-refractivity contribution in [1.82, 2.24) is 35.7 Å². The van der Waals surface area contributed by atoms with Gasteiger partial charge in [-0.15, -0.1) is 15.3 Å². The fourth-order valence-electron chi connectivity index (χ4n) is 3.26. The number of nitrogens with zero attached hydrogens (tertiary/aromatic N) is 6.